The molecule has 0 saturated carbocycles. The van der Waals surface area contributed by atoms with Gasteiger partial charge in [0.15, 0.2) is 0 Å². The van der Waals surface area contributed by atoms with Crippen LogP contribution in [0.2, 0.25) is 0 Å². The number of carbonyl (C=O) groups excluding carboxylic acids is 1. The Balaban J connectivity index is 1.95. The lowest BCUT2D eigenvalue weighted by atomic mass is 9.87. The first kappa shape index (κ1) is 11.1. The summed E-state index contributed by atoms with van der Waals surface area (Å²) >= 11 is 0. The van der Waals surface area contributed by atoms with Crippen molar-refractivity contribution in [3.8, 4) is 0 Å². The molecule has 1 heterocycles. The quantitative estimate of drug-likeness (QED) is 0.675. The van der Waals surface area contributed by atoms with Gasteiger partial charge in [-0.2, -0.15) is 5.10 Å². The summed E-state index contributed by atoms with van der Waals surface area (Å²) in [4.78, 5) is 11.8. The number of aliphatic hydroxyl groups is 1. The van der Waals surface area contributed by atoms with E-state index >= 15 is 0 Å². The van der Waals surface area contributed by atoms with E-state index in [0.717, 1.165) is 25.0 Å². The molecule has 3 N–H and O–H groups in total. The van der Waals surface area contributed by atoms with E-state index in [0.29, 0.717) is 0 Å². The van der Waals surface area contributed by atoms with Crippen LogP contribution in [-0.4, -0.2) is 33.9 Å². The fourth-order valence-electron chi connectivity index (χ4n) is 2.04. The Hall–Kier alpha value is -1.36. The van der Waals surface area contributed by atoms with Crippen LogP contribution in [-0.2, 0) is 17.6 Å². The van der Waals surface area contributed by atoms with Crippen LogP contribution in [0.1, 0.15) is 24.6 Å². The maximum Gasteiger partial charge on any atom is 0.223 e. The number of aliphatic hydroxyl groups excluding tert-OH is 1. The molecule has 0 radical (unpaired) electrons. The minimum Gasteiger partial charge on any atom is -0.394 e. The normalized spacial score (nSPS) is 21.2. The standard InChI is InChI=1S/C11H17N3O2/c1-7(6-15)13-11(16)8-2-3-9-5-12-14-10(9)4-8/h5,7-8,15H,2-4,6H2,1H3,(H,12,14)(H,13,16). The highest BCUT2D eigenvalue weighted by molar-refractivity contribution is 5.79. The Bertz CT molecular complexity index is 375. The van der Waals surface area contributed by atoms with Crippen LogP contribution in [0.25, 0.3) is 0 Å². The Morgan fingerprint density at radius 3 is 3.38 bits per heavy atom. The summed E-state index contributed by atoms with van der Waals surface area (Å²) in [7, 11) is 0. The van der Waals surface area contributed by atoms with Gasteiger partial charge >= 0.3 is 0 Å². The van der Waals surface area contributed by atoms with Gasteiger partial charge in [0.1, 0.15) is 0 Å². The fraction of sp³-hybridized carbons (Fsp3) is 0.636. The van der Waals surface area contributed by atoms with Crippen molar-refractivity contribution >= 4 is 5.91 Å². The predicted octanol–water partition coefficient (Wildman–Crippen LogP) is 0.0116. The Kier molecular flexibility index (Phi) is 3.24. The summed E-state index contributed by atoms with van der Waals surface area (Å²) in [5, 5.41) is 18.6. The van der Waals surface area contributed by atoms with Crippen LogP contribution in [0.5, 0.6) is 0 Å². The van der Waals surface area contributed by atoms with Crippen LogP contribution in [0.3, 0.4) is 0 Å². The van der Waals surface area contributed by atoms with Crippen molar-refractivity contribution < 1.29 is 9.90 Å². The van der Waals surface area contributed by atoms with Crippen molar-refractivity contribution in [1.29, 1.82) is 0 Å². The number of H-pyrrole nitrogens is 1. The van der Waals surface area contributed by atoms with Gasteiger partial charge in [0.25, 0.3) is 0 Å². The molecule has 16 heavy (non-hydrogen) atoms. The van der Waals surface area contributed by atoms with Crippen molar-refractivity contribution in [3.05, 3.63) is 17.5 Å². The van der Waals surface area contributed by atoms with Crippen molar-refractivity contribution in [2.75, 3.05) is 6.61 Å². The second-order valence-electron chi connectivity index (χ2n) is 4.41. The zero-order valence-electron chi connectivity index (χ0n) is 9.36. The molecule has 1 aliphatic carbocycles. The first-order chi connectivity index (χ1) is 7.70. The van der Waals surface area contributed by atoms with Gasteiger partial charge in [-0.25, -0.2) is 0 Å². The molecule has 1 amide bonds. The summed E-state index contributed by atoms with van der Waals surface area (Å²) in [6.45, 7) is 1.77. The number of nitrogens with one attached hydrogen (secondary N) is 2. The molecule has 0 fully saturated rings. The van der Waals surface area contributed by atoms with Crippen LogP contribution in [0.4, 0.5) is 0 Å². The van der Waals surface area contributed by atoms with Crippen molar-refractivity contribution in [3.63, 3.8) is 0 Å². The highest BCUT2D eigenvalue weighted by Gasteiger charge is 2.26. The third-order valence-corrected chi connectivity index (χ3v) is 3.05. The van der Waals surface area contributed by atoms with Crippen LogP contribution in [0.15, 0.2) is 6.20 Å². The zero-order chi connectivity index (χ0) is 11.5. The van der Waals surface area contributed by atoms with E-state index in [-0.39, 0.29) is 24.5 Å². The van der Waals surface area contributed by atoms with Crippen LogP contribution >= 0.6 is 0 Å². The van der Waals surface area contributed by atoms with Gasteiger partial charge in [0.05, 0.1) is 12.8 Å². The van der Waals surface area contributed by atoms with Gasteiger partial charge in [-0.05, 0) is 25.3 Å². The second-order valence-corrected chi connectivity index (χ2v) is 4.41. The molecule has 0 aliphatic heterocycles. The van der Waals surface area contributed by atoms with E-state index < -0.39 is 0 Å². The number of aromatic amines is 1. The minimum absolute atomic E-state index is 0.00181. The third-order valence-electron chi connectivity index (χ3n) is 3.05. The van der Waals surface area contributed by atoms with Crippen molar-refractivity contribution in [2.24, 2.45) is 5.92 Å². The predicted molar refractivity (Wildman–Crippen MR) is 58.8 cm³/mol. The molecule has 1 aliphatic rings. The topological polar surface area (TPSA) is 78.0 Å². The number of rotatable bonds is 3. The first-order valence-corrected chi connectivity index (χ1v) is 5.63. The number of nitrogens with zero attached hydrogens (tertiary/aromatic N) is 1. The molecule has 1 aromatic rings. The average Bonchev–Trinajstić information content (AvgIpc) is 2.75. The molecule has 5 nitrogen and oxygen atoms in total. The van der Waals surface area contributed by atoms with Crippen molar-refractivity contribution in [2.45, 2.75) is 32.2 Å². The Morgan fingerprint density at radius 2 is 2.62 bits per heavy atom. The lowest BCUT2D eigenvalue weighted by molar-refractivity contribution is -0.126. The van der Waals surface area contributed by atoms with E-state index in [1.807, 2.05) is 6.20 Å². The molecule has 88 valence electrons. The lowest BCUT2D eigenvalue weighted by Gasteiger charge is -2.22. The number of carbonyl (C=O) groups is 1. The maximum atomic E-state index is 11.8. The second kappa shape index (κ2) is 4.65. The van der Waals surface area contributed by atoms with E-state index in [1.165, 1.54) is 5.56 Å². The minimum atomic E-state index is -0.171. The fourth-order valence-corrected chi connectivity index (χ4v) is 2.04. The molecular formula is C11H17N3O2. The van der Waals surface area contributed by atoms with Gasteiger partial charge < -0.3 is 10.4 Å². The highest BCUT2D eigenvalue weighted by atomic mass is 16.3. The van der Waals surface area contributed by atoms with Gasteiger partial charge in [0, 0.05) is 24.1 Å². The summed E-state index contributed by atoms with van der Waals surface area (Å²) in [6, 6.07) is -0.171. The summed E-state index contributed by atoms with van der Waals surface area (Å²) < 4.78 is 0. The van der Waals surface area contributed by atoms with Crippen molar-refractivity contribution in [1.82, 2.24) is 15.5 Å². The number of aromatic nitrogens is 2. The molecule has 0 spiro atoms. The smallest absolute Gasteiger partial charge is 0.223 e. The summed E-state index contributed by atoms with van der Waals surface area (Å²) in [5.41, 5.74) is 2.29. The Morgan fingerprint density at radius 1 is 1.81 bits per heavy atom. The van der Waals surface area contributed by atoms with E-state index in [4.69, 9.17) is 5.11 Å². The molecule has 2 unspecified atom stereocenters. The maximum absolute atomic E-state index is 11.8. The molecule has 0 saturated heterocycles. The molecule has 1 aromatic heterocycles. The number of hydrogen-bond acceptors (Lipinski definition) is 3. The highest BCUT2D eigenvalue weighted by Crippen LogP contribution is 2.23. The van der Waals surface area contributed by atoms with Crippen LogP contribution in [0, 0.1) is 5.92 Å². The SMILES string of the molecule is CC(CO)NC(=O)C1CCc2cn[nH]c2C1. The number of amides is 1. The van der Waals surface area contributed by atoms with Gasteiger partial charge in [-0.15, -0.1) is 0 Å². The largest absolute Gasteiger partial charge is 0.394 e. The summed E-state index contributed by atoms with van der Waals surface area (Å²) in [5.74, 6) is 0.0313. The molecule has 0 aromatic carbocycles. The first-order valence-electron chi connectivity index (χ1n) is 5.63. The lowest BCUT2D eigenvalue weighted by Crippen LogP contribution is -2.40. The molecular weight excluding hydrogens is 206 g/mol. The van der Waals surface area contributed by atoms with Crippen LogP contribution < -0.4 is 5.32 Å². The average molecular weight is 223 g/mol. The van der Waals surface area contributed by atoms with Gasteiger partial charge in [0.2, 0.25) is 5.91 Å². The molecule has 0 bridgehead atoms. The van der Waals surface area contributed by atoms with E-state index in [2.05, 4.69) is 15.5 Å². The monoisotopic (exact) mass is 223 g/mol. The molecule has 2 rings (SSSR count). The van der Waals surface area contributed by atoms with Gasteiger partial charge in [-0.3, -0.25) is 9.89 Å². The van der Waals surface area contributed by atoms with E-state index in [9.17, 15) is 4.79 Å². The number of fused-ring (bicyclic) bond motifs is 1. The third kappa shape index (κ3) is 2.24. The number of hydrogen-bond donors (Lipinski definition) is 3. The van der Waals surface area contributed by atoms with E-state index in [1.54, 1.807) is 6.92 Å². The number of aryl methyl sites for hydroxylation is 1. The zero-order valence-corrected chi connectivity index (χ0v) is 9.36. The Labute approximate surface area is 94.2 Å². The molecule has 2 atom stereocenters. The molecule has 5 heteroatoms. The summed E-state index contributed by atoms with van der Waals surface area (Å²) in [6.07, 6.45) is 4.31. The van der Waals surface area contributed by atoms with Gasteiger partial charge in [-0.1, -0.05) is 0 Å².